The van der Waals surface area contributed by atoms with Crippen molar-refractivity contribution in [3.8, 4) is 5.75 Å². The normalized spacial score (nSPS) is 19.0. The summed E-state index contributed by atoms with van der Waals surface area (Å²) in [5, 5.41) is 0. The molecule has 0 spiro atoms. The number of carbonyl (C=O) groups is 3. The number of β-lactam (4-membered cyclic amide) rings is 1. The van der Waals surface area contributed by atoms with Crippen LogP contribution in [0.2, 0.25) is 0 Å². The molecule has 1 unspecified atom stereocenters. The number of halogens is 3. The number of anilines is 1. The number of ketones is 1. The Morgan fingerprint density at radius 2 is 1.69 bits per heavy atom. The molecular formula is C22H20Cl3NO6. The third-order valence-electron chi connectivity index (χ3n) is 4.96. The van der Waals surface area contributed by atoms with Gasteiger partial charge in [0.15, 0.2) is 5.78 Å². The minimum absolute atomic E-state index is 0.281. The number of hydrogen-bond donors (Lipinski definition) is 0. The van der Waals surface area contributed by atoms with Crippen molar-refractivity contribution in [3.63, 3.8) is 0 Å². The fourth-order valence-electron chi connectivity index (χ4n) is 3.45. The molecule has 0 bridgehead atoms. The minimum atomic E-state index is -1.80. The molecule has 1 saturated heterocycles. The number of methoxy groups -OCH3 is 1. The molecule has 0 saturated carbocycles. The number of rotatable bonds is 7. The van der Waals surface area contributed by atoms with Gasteiger partial charge in [-0.2, -0.15) is 0 Å². The summed E-state index contributed by atoms with van der Waals surface area (Å²) in [7, 11) is 1.53. The fraction of sp³-hybridized carbons (Fsp3) is 0.318. The van der Waals surface area contributed by atoms with Crippen LogP contribution in [0.3, 0.4) is 0 Å². The number of amides is 1. The summed E-state index contributed by atoms with van der Waals surface area (Å²) in [5.41, 5.74) is 0.951. The first-order valence-electron chi connectivity index (χ1n) is 9.59. The van der Waals surface area contributed by atoms with E-state index in [0.29, 0.717) is 17.0 Å². The number of carbonyl (C=O) groups excluding carboxylic acids is 3. The van der Waals surface area contributed by atoms with Gasteiger partial charge in [-0.15, -0.1) is 0 Å². The van der Waals surface area contributed by atoms with Crippen LogP contribution in [0, 0.1) is 5.92 Å². The number of ether oxygens (including phenoxy) is 3. The largest absolute Gasteiger partial charge is 0.508 e. The maximum atomic E-state index is 13.3. The summed E-state index contributed by atoms with van der Waals surface area (Å²) >= 11 is 16.7. The molecule has 3 rings (SSSR count). The third kappa shape index (κ3) is 5.46. The first-order chi connectivity index (χ1) is 15.1. The van der Waals surface area contributed by atoms with Gasteiger partial charge in [0, 0.05) is 11.3 Å². The molecule has 2 aromatic rings. The van der Waals surface area contributed by atoms with Gasteiger partial charge in [-0.05, 0) is 31.2 Å². The summed E-state index contributed by atoms with van der Waals surface area (Å²) in [6.45, 7) is 0.988. The summed E-state index contributed by atoms with van der Waals surface area (Å²) in [4.78, 5) is 39.7. The molecule has 170 valence electrons. The molecule has 10 heteroatoms. The van der Waals surface area contributed by atoms with Crippen molar-refractivity contribution in [1.29, 1.82) is 0 Å². The zero-order valence-electron chi connectivity index (χ0n) is 17.2. The summed E-state index contributed by atoms with van der Waals surface area (Å²) in [5.74, 6) is -0.954. The van der Waals surface area contributed by atoms with E-state index in [9.17, 15) is 14.4 Å². The molecule has 2 aromatic carbocycles. The quantitative estimate of drug-likeness (QED) is 0.235. The van der Waals surface area contributed by atoms with Crippen LogP contribution in [0.15, 0.2) is 54.6 Å². The average molecular weight is 501 g/mol. The number of Topliss-reactive ketones (excluding diaryl/α,β-unsaturated/α-hetero) is 1. The van der Waals surface area contributed by atoms with Gasteiger partial charge in [0.2, 0.25) is 9.70 Å². The summed E-state index contributed by atoms with van der Waals surface area (Å²) < 4.78 is 13.3. The van der Waals surface area contributed by atoms with Gasteiger partial charge in [0.25, 0.3) is 0 Å². The lowest BCUT2D eigenvalue weighted by Gasteiger charge is -2.47. The van der Waals surface area contributed by atoms with Gasteiger partial charge in [0.05, 0.1) is 7.11 Å². The first kappa shape index (κ1) is 24.2. The number of alkyl halides is 3. The van der Waals surface area contributed by atoms with E-state index in [2.05, 4.69) is 0 Å². The monoisotopic (exact) mass is 499 g/mol. The van der Waals surface area contributed by atoms with Crippen LogP contribution in [0.4, 0.5) is 10.5 Å². The SMILES string of the molecule is COc1ccc(N2C(=O)[C@@H](C(C)OC(=O)OCC(Cl)(Cl)Cl)[C@@H]2C(=O)c2ccccc2)cc1. The van der Waals surface area contributed by atoms with Crippen LogP contribution in [-0.2, 0) is 14.3 Å². The van der Waals surface area contributed by atoms with Crippen LogP contribution in [0.5, 0.6) is 5.75 Å². The lowest BCUT2D eigenvalue weighted by Crippen LogP contribution is -2.68. The molecule has 0 aromatic heterocycles. The van der Waals surface area contributed by atoms with Gasteiger partial charge in [-0.3, -0.25) is 9.59 Å². The Balaban J connectivity index is 1.83. The lowest BCUT2D eigenvalue weighted by atomic mass is 9.78. The Hall–Kier alpha value is -2.48. The van der Waals surface area contributed by atoms with Crippen molar-refractivity contribution in [3.05, 3.63) is 60.2 Å². The van der Waals surface area contributed by atoms with E-state index in [4.69, 9.17) is 49.0 Å². The summed E-state index contributed by atoms with van der Waals surface area (Å²) in [6, 6.07) is 14.4. The highest BCUT2D eigenvalue weighted by atomic mass is 35.6. The van der Waals surface area contributed by atoms with Crippen LogP contribution in [0.1, 0.15) is 17.3 Å². The number of benzene rings is 2. The van der Waals surface area contributed by atoms with Crippen molar-refractivity contribution in [1.82, 2.24) is 0 Å². The third-order valence-corrected chi connectivity index (χ3v) is 5.29. The highest BCUT2D eigenvalue weighted by Crippen LogP contribution is 2.38. The zero-order valence-corrected chi connectivity index (χ0v) is 19.4. The molecule has 1 aliphatic heterocycles. The molecule has 1 aliphatic rings. The van der Waals surface area contributed by atoms with Crippen molar-refractivity contribution in [2.45, 2.75) is 22.9 Å². The Morgan fingerprint density at radius 3 is 2.25 bits per heavy atom. The minimum Gasteiger partial charge on any atom is -0.497 e. The second-order valence-electron chi connectivity index (χ2n) is 7.08. The van der Waals surface area contributed by atoms with E-state index in [0.717, 1.165) is 0 Å². The van der Waals surface area contributed by atoms with E-state index in [1.807, 2.05) is 0 Å². The first-order valence-corrected chi connectivity index (χ1v) is 10.7. The molecule has 3 atom stereocenters. The molecular weight excluding hydrogens is 481 g/mol. The van der Waals surface area contributed by atoms with Crippen molar-refractivity contribution in [2.75, 3.05) is 18.6 Å². The Labute approximate surface area is 200 Å². The van der Waals surface area contributed by atoms with Crippen molar-refractivity contribution in [2.24, 2.45) is 5.92 Å². The van der Waals surface area contributed by atoms with Gasteiger partial charge in [-0.1, -0.05) is 65.1 Å². The van der Waals surface area contributed by atoms with Crippen LogP contribution >= 0.6 is 34.8 Å². The topological polar surface area (TPSA) is 82.1 Å². The maximum Gasteiger partial charge on any atom is 0.508 e. The van der Waals surface area contributed by atoms with Gasteiger partial charge < -0.3 is 19.1 Å². The predicted molar refractivity (Wildman–Crippen MR) is 121 cm³/mol. The molecule has 32 heavy (non-hydrogen) atoms. The second-order valence-corrected chi connectivity index (χ2v) is 9.60. The molecule has 7 nitrogen and oxygen atoms in total. The Morgan fingerprint density at radius 1 is 1.06 bits per heavy atom. The number of nitrogens with zero attached hydrogens (tertiary/aromatic N) is 1. The average Bonchev–Trinajstić information content (AvgIpc) is 2.76. The highest BCUT2D eigenvalue weighted by molar-refractivity contribution is 6.67. The Bertz CT molecular complexity index is 977. The smallest absolute Gasteiger partial charge is 0.497 e. The van der Waals surface area contributed by atoms with Crippen LogP contribution < -0.4 is 9.64 Å². The van der Waals surface area contributed by atoms with Gasteiger partial charge in [-0.25, -0.2) is 4.79 Å². The standard InChI is InChI=1S/C22H20Cl3NO6/c1-13(32-21(29)31-12-22(23,24)25)17-18(19(27)14-6-4-3-5-7-14)26(20(17)28)15-8-10-16(30-2)11-9-15/h3-11,13,17-18H,12H2,1-2H3/t13?,17-,18+/m0/s1. The molecule has 0 N–H and O–H groups in total. The Kier molecular flexibility index (Phi) is 7.54. The molecule has 1 fully saturated rings. The second kappa shape index (κ2) is 9.98. The summed E-state index contributed by atoms with van der Waals surface area (Å²) in [6.07, 6.45) is -2.07. The fourth-order valence-corrected chi connectivity index (χ4v) is 3.62. The van der Waals surface area contributed by atoms with Crippen molar-refractivity contribution < 1.29 is 28.6 Å². The van der Waals surface area contributed by atoms with E-state index in [1.165, 1.54) is 18.9 Å². The van der Waals surface area contributed by atoms with E-state index < -0.39 is 34.6 Å². The maximum absolute atomic E-state index is 13.3. The van der Waals surface area contributed by atoms with E-state index in [-0.39, 0.29) is 11.7 Å². The number of hydrogen-bond acceptors (Lipinski definition) is 6. The van der Waals surface area contributed by atoms with Crippen molar-refractivity contribution >= 4 is 58.3 Å². The van der Waals surface area contributed by atoms with Crippen LogP contribution in [0.25, 0.3) is 0 Å². The van der Waals surface area contributed by atoms with Crippen LogP contribution in [-0.4, -0.2) is 47.5 Å². The zero-order chi connectivity index (χ0) is 23.5. The molecule has 0 aliphatic carbocycles. The predicted octanol–water partition coefficient (Wildman–Crippen LogP) is 4.82. The van der Waals surface area contributed by atoms with Gasteiger partial charge >= 0.3 is 6.16 Å². The highest BCUT2D eigenvalue weighted by Gasteiger charge is 2.55. The molecule has 1 amide bonds. The lowest BCUT2D eigenvalue weighted by molar-refractivity contribution is -0.134. The molecule has 0 radical (unpaired) electrons. The van der Waals surface area contributed by atoms with E-state index >= 15 is 0 Å². The van der Waals surface area contributed by atoms with E-state index in [1.54, 1.807) is 54.6 Å². The molecule has 1 heterocycles. The van der Waals surface area contributed by atoms with Gasteiger partial charge in [0.1, 0.15) is 30.4 Å².